The van der Waals surface area contributed by atoms with Gasteiger partial charge in [-0.15, -0.1) is 0 Å². The first-order valence-electron chi connectivity index (χ1n) is 4.91. The maximum absolute atomic E-state index is 5.51. The lowest BCUT2D eigenvalue weighted by molar-refractivity contribution is 0.761. The van der Waals surface area contributed by atoms with E-state index in [2.05, 4.69) is 30.4 Å². The third-order valence-corrected chi connectivity index (χ3v) is 2.43. The highest BCUT2D eigenvalue weighted by molar-refractivity contribution is 5.15. The fraction of sp³-hybridized carbons (Fsp3) is 0.700. The molecule has 0 saturated carbocycles. The van der Waals surface area contributed by atoms with Crippen molar-refractivity contribution in [1.82, 2.24) is 9.55 Å². The summed E-state index contributed by atoms with van der Waals surface area (Å²) < 4.78 is 2.15. The van der Waals surface area contributed by atoms with Crippen molar-refractivity contribution in [2.24, 2.45) is 12.8 Å². The lowest BCUT2D eigenvalue weighted by Gasteiger charge is -2.00. The molecule has 0 spiro atoms. The van der Waals surface area contributed by atoms with Crippen molar-refractivity contribution in [2.75, 3.05) is 6.54 Å². The minimum Gasteiger partial charge on any atom is -0.335 e. The quantitative estimate of drug-likeness (QED) is 0.758. The number of nitrogens with zero attached hydrogens (tertiary/aromatic N) is 2. The largest absolute Gasteiger partial charge is 0.335 e. The van der Waals surface area contributed by atoms with E-state index < -0.39 is 0 Å². The molecule has 0 bridgehead atoms. The molecule has 1 aromatic rings. The molecule has 13 heavy (non-hydrogen) atoms. The molecule has 2 N–H and O–H groups in total. The third kappa shape index (κ3) is 2.10. The molecule has 0 unspecified atom stereocenters. The molecule has 3 nitrogen and oxygen atoms in total. The number of aryl methyl sites for hydroxylation is 1. The van der Waals surface area contributed by atoms with Crippen molar-refractivity contribution < 1.29 is 0 Å². The fourth-order valence-corrected chi connectivity index (χ4v) is 1.53. The molecule has 3 heteroatoms. The molecule has 0 aliphatic carbocycles. The Balaban J connectivity index is 2.90. The molecule has 0 aliphatic rings. The van der Waals surface area contributed by atoms with Gasteiger partial charge in [0, 0.05) is 19.2 Å². The van der Waals surface area contributed by atoms with Gasteiger partial charge in [0.1, 0.15) is 5.82 Å². The number of aromatic nitrogens is 2. The third-order valence-electron chi connectivity index (χ3n) is 2.43. The smallest absolute Gasteiger partial charge is 0.110 e. The van der Waals surface area contributed by atoms with Crippen LogP contribution in [0.4, 0.5) is 0 Å². The summed E-state index contributed by atoms with van der Waals surface area (Å²) in [7, 11) is 2.06. The van der Waals surface area contributed by atoms with E-state index in [1.54, 1.807) is 0 Å². The topological polar surface area (TPSA) is 43.8 Å². The molecular weight excluding hydrogens is 162 g/mol. The molecule has 1 aromatic heterocycles. The predicted molar refractivity (Wildman–Crippen MR) is 54.7 cm³/mol. The monoisotopic (exact) mass is 181 g/mol. The van der Waals surface area contributed by atoms with Crippen LogP contribution in [0.5, 0.6) is 0 Å². The Morgan fingerprint density at radius 1 is 1.38 bits per heavy atom. The van der Waals surface area contributed by atoms with Crippen molar-refractivity contribution in [2.45, 2.75) is 33.1 Å². The highest BCUT2D eigenvalue weighted by Crippen LogP contribution is 2.11. The zero-order chi connectivity index (χ0) is 9.84. The van der Waals surface area contributed by atoms with E-state index in [0.717, 1.165) is 25.1 Å². The summed E-state index contributed by atoms with van der Waals surface area (Å²) in [6.45, 7) is 4.98. The van der Waals surface area contributed by atoms with E-state index in [1.807, 2.05) is 0 Å². The second-order valence-electron chi connectivity index (χ2n) is 3.41. The Morgan fingerprint density at radius 3 is 2.62 bits per heavy atom. The minimum absolute atomic E-state index is 0.676. The highest BCUT2D eigenvalue weighted by atomic mass is 15.1. The van der Waals surface area contributed by atoms with Crippen LogP contribution in [0, 0.1) is 6.92 Å². The summed E-state index contributed by atoms with van der Waals surface area (Å²) in [6, 6.07) is 0. The van der Waals surface area contributed by atoms with Gasteiger partial charge in [-0.2, -0.15) is 0 Å². The summed E-state index contributed by atoms with van der Waals surface area (Å²) >= 11 is 0. The molecule has 1 rings (SSSR count). The summed E-state index contributed by atoms with van der Waals surface area (Å²) in [5.74, 6) is 1.11. The molecule has 0 amide bonds. The van der Waals surface area contributed by atoms with Crippen LogP contribution in [0.25, 0.3) is 0 Å². The number of nitrogens with two attached hydrogens (primary N) is 1. The fourth-order valence-electron chi connectivity index (χ4n) is 1.53. The van der Waals surface area contributed by atoms with Gasteiger partial charge in [-0.1, -0.05) is 13.3 Å². The van der Waals surface area contributed by atoms with Crippen LogP contribution in [0.2, 0.25) is 0 Å². The van der Waals surface area contributed by atoms with Crippen LogP contribution in [-0.2, 0) is 19.9 Å². The van der Waals surface area contributed by atoms with Crippen molar-refractivity contribution in [1.29, 1.82) is 0 Å². The molecule has 0 fully saturated rings. The average Bonchev–Trinajstić information content (AvgIpc) is 2.36. The van der Waals surface area contributed by atoms with E-state index in [-0.39, 0.29) is 0 Å². The standard InChI is InChI=1S/C10H19N3/c1-4-5-9-8(2)13(3)10(12-9)6-7-11/h4-7,11H2,1-3H3. The van der Waals surface area contributed by atoms with Crippen LogP contribution in [0.1, 0.15) is 30.6 Å². The van der Waals surface area contributed by atoms with Crippen LogP contribution in [-0.4, -0.2) is 16.1 Å². The van der Waals surface area contributed by atoms with Gasteiger partial charge in [-0.05, 0) is 19.9 Å². The second-order valence-corrected chi connectivity index (χ2v) is 3.41. The normalized spacial score (nSPS) is 10.8. The van der Waals surface area contributed by atoms with Gasteiger partial charge in [-0.25, -0.2) is 4.98 Å². The zero-order valence-corrected chi connectivity index (χ0v) is 8.80. The van der Waals surface area contributed by atoms with Crippen LogP contribution in [0.15, 0.2) is 0 Å². The molecular formula is C10H19N3. The molecule has 74 valence electrons. The second kappa shape index (κ2) is 4.42. The summed E-state index contributed by atoms with van der Waals surface area (Å²) in [6.07, 6.45) is 3.10. The first-order chi connectivity index (χ1) is 6.20. The number of hydrogen-bond acceptors (Lipinski definition) is 2. The number of imidazole rings is 1. The SMILES string of the molecule is CCCc1nc(CCN)n(C)c1C. The van der Waals surface area contributed by atoms with Gasteiger partial charge in [0.15, 0.2) is 0 Å². The first kappa shape index (κ1) is 10.3. The first-order valence-corrected chi connectivity index (χ1v) is 4.91. The number of hydrogen-bond donors (Lipinski definition) is 1. The predicted octanol–water partition coefficient (Wildman–Crippen LogP) is 1.18. The Morgan fingerprint density at radius 2 is 2.08 bits per heavy atom. The van der Waals surface area contributed by atoms with Gasteiger partial charge in [0.2, 0.25) is 0 Å². The molecule has 0 aliphatic heterocycles. The Bertz CT molecular complexity index is 249. The maximum Gasteiger partial charge on any atom is 0.110 e. The van der Waals surface area contributed by atoms with E-state index in [0.29, 0.717) is 6.54 Å². The number of rotatable bonds is 4. The van der Waals surface area contributed by atoms with Gasteiger partial charge in [0.05, 0.1) is 5.69 Å². The lowest BCUT2D eigenvalue weighted by atomic mass is 10.2. The van der Waals surface area contributed by atoms with Crippen molar-refractivity contribution in [3.63, 3.8) is 0 Å². The summed E-state index contributed by atoms with van der Waals surface area (Å²) in [5.41, 5.74) is 8.02. The Kier molecular flexibility index (Phi) is 3.48. The van der Waals surface area contributed by atoms with E-state index >= 15 is 0 Å². The molecule has 0 aromatic carbocycles. The van der Waals surface area contributed by atoms with Crippen molar-refractivity contribution in [3.05, 3.63) is 17.2 Å². The van der Waals surface area contributed by atoms with Crippen molar-refractivity contribution >= 4 is 0 Å². The molecule has 0 saturated heterocycles. The Hall–Kier alpha value is -0.830. The lowest BCUT2D eigenvalue weighted by Crippen LogP contribution is -2.08. The zero-order valence-electron chi connectivity index (χ0n) is 8.80. The molecule has 0 atom stereocenters. The van der Waals surface area contributed by atoms with Crippen LogP contribution < -0.4 is 5.73 Å². The van der Waals surface area contributed by atoms with Crippen LogP contribution >= 0.6 is 0 Å². The molecule has 1 heterocycles. The highest BCUT2D eigenvalue weighted by Gasteiger charge is 2.08. The van der Waals surface area contributed by atoms with Gasteiger partial charge >= 0.3 is 0 Å². The van der Waals surface area contributed by atoms with Gasteiger partial charge in [-0.3, -0.25) is 0 Å². The van der Waals surface area contributed by atoms with Gasteiger partial charge < -0.3 is 10.3 Å². The van der Waals surface area contributed by atoms with Gasteiger partial charge in [0.25, 0.3) is 0 Å². The van der Waals surface area contributed by atoms with E-state index in [1.165, 1.54) is 11.4 Å². The Labute approximate surface area is 80.0 Å². The van der Waals surface area contributed by atoms with Crippen molar-refractivity contribution in [3.8, 4) is 0 Å². The summed E-state index contributed by atoms with van der Waals surface area (Å²) in [5, 5.41) is 0. The van der Waals surface area contributed by atoms with E-state index in [4.69, 9.17) is 5.73 Å². The average molecular weight is 181 g/mol. The minimum atomic E-state index is 0.676. The maximum atomic E-state index is 5.51. The molecule has 0 radical (unpaired) electrons. The van der Waals surface area contributed by atoms with Crippen LogP contribution in [0.3, 0.4) is 0 Å². The summed E-state index contributed by atoms with van der Waals surface area (Å²) in [4.78, 5) is 4.57. The van der Waals surface area contributed by atoms with E-state index in [9.17, 15) is 0 Å².